The molecule has 3 heteroatoms. The van der Waals surface area contributed by atoms with Crippen LogP contribution in [0.15, 0.2) is 24.3 Å². The minimum Gasteiger partial charge on any atom is -0.371 e. The van der Waals surface area contributed by atoms with Crippen LogP contribution in [0.5, 0.6) is 0 Å². The van der Waals surface area contributed by atoms with Crippen molar-refractivity contribution in [2.24, 2.45) is 0 Å². The first kappa shape index (κ1) is 14.9. The Hall–Kier alpha value is -1.53. The zero-order chi connectivity index (χ0) is 14.4. The lowest BCUT2D eigenvalue weighted by molar-refractivity contribution is 0.416. The van der Waals surface area contributed by atoms with E-state index >= 15 is 0 Å². The molecule has 2 rings (SSSR count). The average Bonchev–Trinajstić information content (AvgIpc) is 2.51. The topological polar surface area (TPSA) is 39.1 Å². The fraction of sp³-hybridized carbons (Fsp3) is 0.588. The van der Waals surface area contributed by atoms with Crippen LogP contribution >= 0.6 is 0 Å². The van der Waals surface area contributed by atoms with E-state index in [2.05, 4.69) is 47.5 Å². The Balaban J connectivity index is 1.99. The summed E-state index contributed by atoms with van der Waals surface area (Å²) in [5.74, 6) is 0. The zero-order valence-corrected chi connectivity index (χ0v) is 12.7. The summed E-state index contributed by atoms with van der Waals surface area (Å²) < 4.78 is 0. The van der Waals surface area contributed by atoms with E-state index in [1.807, 2.05) is 6.92 Å². The third kappa shape index (κ3) is 3.52. The maximum absolute atomic E-state index is 9.41. The van der Waals surface area contributed by atoms with Crippen LogP contribution in [0.25, 0.3) is 0 Å². The molecular formula is C17H25N3. The minimum absolute atomic E-state index is 0.414. The minimum atomic E-state index is -0.414. The first-order valence-corrected chi connectivity index (χ1v) is 7.67. The van der Waals surface area contributed by atoms with Crippen molar-refractivity contribution in [1.29, 1.82) is 5.26 Å². The largest absolute Gasteiger partial charge is 0.371 e. The molecule has 0 bridgehead atoms. The molecule has 0 spiro atoms. The van der Waals surface area contributed by atoms with Crippen molar-refractivity contribution in [1.82, 2.24) is 5.32 Å². The second kappa shape index (κ2) is 6.76. The van der Waals surface area contributed by atoms with Gasteiger partial charge in [-0.3, -0.25) is 5.32 Å². The van der Waals surface area contributed by atoms with Gasteiger partial charge in [-0.25, -0.2) is 0 Å². The van der Waals surface area contributed by atoms with Crippen LogP contribution in [-0.4, -0.2) is 25.2 Å². The van der Waals surface area contributed by atoms with E-state index < -0.39 is 5.54 Å². The van der Waals surface area contributed by atoms with Crippen LogP contribution in [0.1, 0.15) is 38.7 Å². The normalized spacial score (nSPS) is 17.1. The van der Waals surface area contributed by atoms with Crippen LogP contribution < -0.4 is 10.2 Å². The Bertz CT molecular complexity index is 477. The van der Waals surface area contributed by atoms with Crippen molar-refractivity contribution in [2.45, 2.75) is 45.1 Å². The average molecular weight is 271 g/mol. The second-order valence-electron chi connectivity index (χ2n) is 5.84. The third-order valence-corrected chi connectivity index (χ3v) is 4.10. The van der Waals surface area contributed by atoms with Crippen LogP contribution in [0, 0.1) is 11.3 Å². The van der Waals surface area contributed by atoms with Crippen LogP contribution in [0.3, 0.4) is 0 Å². The SMILES string of the molecule is CCCNC(C)(C#N)CCN1CCCc2ccccc21. The number of nitriles is 1. The fourth-order valence-corrected chi connectivity index (χ4v) is 2.79. The Morgan fingerprint density at radius 2 is 2.20 bits per heavy atom. The molecule has 1 atom stereocenters. The van der Waals surface area contributed by atoms with E-state index in [1.54, 1.807) is 0 Å². The number of aryl methyl sites for hydroxylation is 1. The molecule has 1 unspecified atom stereocenters. The van der Waals surface area contributed by atoms with E-state index in [1.165, 1.54) is 24.1 Å². The molecule has 0 amide bonds. The molecular weight excluding hydrogens is 246 g/mol. The van der Waals surface area contributed by atoms with Gasteiger partial charge in [0.15, 0.2) is 0 Å². The van der Waals surface area contributed by atoms with Gasteiger partial charge in [0.1, 0.15) is 5.54 Å². The number of nitrogens with one attached hydrogen (secondary N) is 1. The molecule has 0 saturated carbocycles. The van der Waals surface area contributed by atoms with Crippen LogP contribution in [-0.2, 0) is 6.42 Å². The first-order chi connectivity index (χ1) is 9.68. The number of hydrogen-bond donors (Lipinski definition) is 1. The smallest absolute Gasteiger partial charge is 0.105 e. The van der Waals surface area contributed by atoms with Crippen molar-refractivity contribution in [3.05, 3.63) is 29.8 Å². The summed E-state index contributed by atoms with van der Waals surface area (Å²) in [4.78, 5) is 2.43. The van der Waals surface area contributed by atoms with Gasteiger partial charge in [0.05, 0.1) is 6.07 Å². The highest BCUT2D eigenvalue weighted by atomic mass is 15.1. The van der Waals surface area contributed by atoms with E-state index in [0.717, 1.165) is 32.5 Å². The molecule has 1 aromatic carbocycles. The third-order valence-electron chi connectivity index (χ3n) is 4.10. The Morgan fingerprint density at radius 1 is 1.40 bits per heavy atom. The highest BCUT2D eigenvalue weighted by Crippen LogP contribution is 2.27. The van der Waals surface area contributed by atoms with Gasteiger partial charge in [0, 0.05) is 18.8 Å². The molecule has 1 aliphatic rings. The number of fused-ring (bicyclic) bond motifs is 1. The van der Waals surface area contributed by atoms with E-state index in [0.29, 0.717) is 0 Å². The van der Waals surface area contributed by atoms with E-state index in [9.17, 15) is 5.26 Å². The van der Waals surface area contributed by atoms with Gasteiger partial charge >= 0.3 is 0 Å². The summed E-state index contributed by atoms with van der Waals surface area (Å²) in [5.41, 5.74) is 2.39. The lowest BCUT2D eigenvalue weighted by Gasteiger charge is -2.34. The number of hydrogen-bond acceptors (Lipinski definition) is 3. The van der Waals surface area contributed by atoms with Gasteiger partial charge < -0.3 is 4.90 Å². The van der Waals surface area contributed by atoms with Crippen LogP contribution in [0.4, 0.5) is 5.69 Å². The standard InChI is InChI=1S/C17H25N3/c1-3-11-19-17(2,14-18)10-13-20-12-6-8-15-7-4-5-9-16(15)20/h4-5,7,9,19H,3,6,8,10-13H2,1-2H3. The van der Waals surface area contributed by atoms with Gasteiger partial charge in [-0.15, -0.1) is 0 Å². The zero-order valence-electron chi connectivity index (χ0n) is 12.7. The summed E-state index contributed by atoms with van der Waals surface area (Å²) in [5, 5.41) is 12.8. The number of rotatable bonds is 6. The quantitative estimate of drug-likeness (QED) is 0.864. The van der Waals surface area contributed by atoms with Crippen molar-refractivity contribution in [2.75, 3.05) is 24.5 Å². The van der Waals surface area contributed by atoms with Crippen molar-refractivity contribution in [3.63, 3.8) is 0 Å². The molecule has 1 N–H and O–H groups in total. The number of benzene rings is 1. The van der Waals surface area contributed by atoms with Crippen LogP contribution in [0.2, 0.25) is 0 Å². The van der Waals surface area contributed by atoms with Gasteiger partial charge in [-0.2, -0.15) is 5.26 Å². The molecule has 0 radical (unpaired) electrons. The summed E-state index contributed by atoms with van der Waals surface area (Å²) in [6.45, 7) is 7.09. The lowest BCUT2D eigenvalue weighted by Crippen LogP contribution is -2.45. The van der Waals surface area contributed by atoms with Gasteiger partial charge in [0.2, 0.25) is 0 Å². The second-order valence-corrected chi connectivity index (χ2v) is 5.84. The van der Waals surface area contributed by atoms with E-state index in [-0.39, 0.29) is 0 Å². The summed E-state index contributed by atoms with van der Waals surface area (Å²) >= 11 is 0. The molecule has 1 aromatic rings. The van der Waals surface area contributed by atoms with E-state index in [4.69, 9.17) is 0 Å². The van der Waals surface area contributed by atoms with Gasteiger partial charge in [0.25, 0.3) is 0 Å². The summed E-state index contributed by atoms with van der Waals surface area (Å²) in [6.07, 6.45) is 4.31. The maximum atomic E-state index is 9.41. The van der Waals surface area contributed by atoms with Gasteiger partial charge in [-0.1, -0.05) is 25.1 Å². The monoisotopic (exact) mass is 271 g/mol. The molecule has 1 aliphatic heterocycles. The molecule has 0 fully saturated rings. The lowest BCUT2D eigenvalue weighted by atomic mass is 9.97. The molecule has 0 aliphatic carbocycles. The number of anilines is 1. The molecule has 3 nitrogen and oxygen atoms in total. The highest BCUT2D eigenvalue weighted by Gasteiger charge is 2.25. The maximum Gasteiger partial charge on any atom is 0.105 e. The summed E-state index contributed by atoms with van der Waals surface area (Å²) in [7, 11) is 0. The Morgan fingerprint density at radius 3 is 2.95 bits per heavy atom. The molecule has 20 heavy (non-hydrogen) atoms. The number of para-hydroxylation sites is 1. The van der Waals surface area contributed by atoms with Crippen molar-refractivity contribution >= 4 is 5.69 Å². The molecule has 0 saturated heterocycles. The summed E-state index contributed by atoms with van der Waals surface area (Å²) in [6, 6.07) is 11.1. The first-order valence-electron chi connectivity index (χ1n) is 7.67. The fourth-order valence-electron chi connectivity index (χ4n) is 2.79. The predicted octanol–water partition coefficient (Wildman–Crippen LogP) is 3.11. The molecule has 0 aromatic heterocycles. The molecule has 1 heterocycles. The predicted molar refractivity (Wildman–Crippen MR) is 83.9 cm³/mol. The van der Waals surface area contributed by atoms with Gasteiger partial charge in [-0.05, 0) is 50.8 Å². The Labute approximate surface area is 122 Å². The Kier molecular flexibility index (Phi) is 5.03. The van der Waals surface area contributed by atoms with Crippen molar-refractivity contribution < 1.29 is 0 Å². The van der Waals surface area contributed by atoms with Crippen molar-refractivity contribution in [3.8, 4) is 6.07 Å². The highest BCUT2D eigenvalue weighted by molar-refractivity contribution is 5.55. The number of nitrogens with zero attached hydrogens (tertiary/aromatic N) is 2. The molecule has 108 valence electrons.